The fourth-order valence-corrected chi connectivity index (χ4v) is 3.78. The third-order valence-corrected chi connectivity index (χ3v) is 5.40. The molecule has 134 valence electrons. The van der Waals surface area contributed by atoms with Crippen LogP contribution in [0.3, 0.4) is 0 Å². The lowest BCUT2D eigenvalue weighted by Gasteiger charge is -2.25. The standard InChI is InChI=1S/C19H16F2N2O3/c20-19(21)16(18(19)6-3-7-18)17(24)26-9-8-25-15-12(10-22)11-23-14-5-2-1-4-13(14)15/h1-2,4-5,11,16H,3,6-9H2. The van der Waals surface area contributed by atoms with Crippen molar-refractivity contribution in [1.29, 1.82) is 5.26 Å². The molecule has 1 spiro atoms. The summed E-state index contributed by atoms with van der Waals surface area (Å²) in [5.74, 6) is -4.78. The number of aromatic nitrogens is 1. The number of nitriles is 1. The molecule has 7 heteroatoms. The van der Waals surface area contributed by atoms with Crippen LogP contribution in [0.25, 0.3) is 10.9 Å². The van der Waals surface area contributed by atoms with Crippen LogP contribution in [0.1, 0.15) is 24.8 Å². The fraction of sp³-hybridized carbons (Fsp3) is 0.421. The number of fused-ring (bicyclic) bond motifs is 1. The molecular weight excluding hydrogens is 342 g/mol. The van der Waals surface area contributed by atoms with E-state index in [-0.39, 0.29) is 18.8 Å². The van der Waals surface area contributed by atoms with Gasteiger partial charge in [-0.15, -0.1) is 0 Å². The zero-order chi connectivity index (χ0) is 18.4. The number of hydrogen-bond acceptors (Lipinski definition) is 5. The maximum absolute atomic E-state index is 13.8. The van der Waals surface area contributed by atoms with Crippen molar-refractivity contribution < 1.29 is 23.0 Å². The number of rotatable bonds is 5. The number of ether oxygens (including phenoxy) is 2. The van der Waals surface area contributed by atoms with E-state index in [0.717, 1.165) is 6.42 Å². The Labute approximate surface area is 148 Å². The molecule has 1 aromatic heterocycles. The van der Waals surface area contributed by atoms with Crippen molar-refractivity contribution in [3.63, 3.8) is 0 Å². The van der Waals surface area contributed by atoms with E-state index >= 15 is 0 Å². The molecule has 1 unspecified atom stereocenters. The summed E-state index contributed by atoms with van der Waals surface area (Å²) >= 11 is 0. The molecule has 4 rings (SSSR count). The molecule has 1 atom stereocenters. The number of alkyl halides is 2. The van der Waals surface area contributed by atoms with Gasteiger partial charge in [-0.1, -0.05) is 18.6 Å². The van der Waals surface area contributed by atoms with E-state index in [1.165, 1.54) is 6.20 Å². The van der Waals surface area contributed by atoms with E-state index in [9.17, 15) is 18.8 Å². The quantitative estimate of drug-likeness (QED) is 0.605. The number of pyridine rings is 1. The summed E-state index contributed by atoms with van der Waals surface area (Å²) in [6.07, 6.45) is 2.90. The monoisotopic (exact) mass is 358 g/mol. The predicted molar refractivity (Wildman–Crippen MR) is 87.6 cm³/mol. The van der Waals surface area contributed by atoms with Gasteiger partial charge in [0, 0.05) is 11.6 Å². The van der Waals surface area contributed by atoms with Crippen LogP contribution in [0.15, 0.2) is 30.5 Å². The lowest BCUT2D eigenvalue weighted by atomic mass is 9.79. The minimum Gasteiger partial charge on any atom is -0.488 e. The van der Waals surface area contributed by atoms with Gasteiger partial charge >= 0.3 is 5.97 Å². The van der Waals surface area contributed by atoms with Gasteiger partial charge in [0.15, 0.2) is 0 Å². The van der Waals surface area contributed by atoms with Gasteiger partial charge in [-0.05, 0) is 25.0 Å². The number of benzene rings is 1. The fourth-order valence-electron chi connectivity index (χ4n) is 3.78. The molecule has 26 heavy (non-hydrogen) atoms. The van der Waals surface area contributed by atoms with Gasteiger partial charge in [-0.2, -0.15) is 5.26 Å². The number of esters is 1. The van der Waals surface area contributed by atoms with Crippen LogP contribution in [-0.4, -0.2) is 30.1 Å². The summed E-state index contributed by atoms with van der Waals surface area (Å²) in [5, 5.41) is 9.88. The normalized spacial score (nSPS) is 21.7. The Morgan fingerprint density at radius 2 is 2.08 bits per heavy atom. The van der Waals surface area contributed by atoms with E-state index in [1.54, 1.807) is 18.2 Å². The first-order chi connectivity index (χ1) is 12.5. The molecule has 0 N–H and O–H groups in total. The SMILES string of the molecule is N#Cc1cnc2ccccc2c1OCCOC(=O)C1C(F)(F)C12CCC2. The van der Waals surface area contributed by atoms with E-state index in [0.29, 0.717) is 29.5 Å². The van der Waals surface area contributed by atoms with Crippen LogP contribution in [0, 0.1) is 22.7 Å². The molecule has 0 radical (unpaired) electrons. The van der Waals surface area contributed by atoms with Gasteiger partial charge in [-0.25, -0.2) is 8.78 Å². The maximum atomic E-state index is 13.8. The van der Waals surface area contributed by atoms with Crippen molar-refractivity contribution in [3.05, 3.63) is 36.0 Å². The molecule has 1 heterocycles. The molecule has 2 fully saturated rings. The second-order valence-electron chi connectivity index (χ2n) is 6.71. The highest BCUT2D eigenvalue weighted by atomic mass is 19.3. The molecule has 2 aliphatic rings. The van der Waals surface area contributed by atoms with Crippen molar-refractivity contribution in [2.24, 2.45) is 11.3 Å². The van der Waals surface area contributed by atoms with Crippen LogP contribution in [0.5, 0.6) is 5.75 Å². The Bertz CT molecular complexity index is 919. The summed E-state index contributed by atoms with van der Waals surface area (Å²) in [6, 6.07) is 9.19. The zero-order valence-electron chi connectivity index (χ0n) is 13.9. The molecule has 0 saturated heterocycles. The number of nitrogens with zero attached hydrogens (tertiary/aromatic N) is 2. The van der Waals surface area contributed by atoms with Crippen LogP contribution < -0.4 is 4.74 Å². The smallest absolute Gasteiger partial charge is 0.316 e. The highest BCUT2D eigenvalue weighted by Crippen LogP contribution is 2.75. The molecule has 0 bridgehead atoms. The molecule has 2 aromatic rings. The second kappa shape index (κ2) is 5.90. The molecule has 0 aliphatic heterocycles. The third kappa shape index (κ3) is 2.32. The Morgan fingerprint density at radius 1 is 1.31 bits per heavy atom. The lowest BCUT2D eigenvalue weighted by Crippen LogP contribution is -2.22. The van der Waals surface area contributed by atoms with Gasteiger partial charge in [-0.3, -0.25) is 9.78 Å². The van der Waals surface area contributed by atoms with Gasteiger partial charge in [0.05, 0.1) is 10.9 Å². The number of carbonyl (C=O) groups is 1. The topological polar surface area (TPSA) is 72.2 Å². The van der Waals surface area contributed by atoms with E-state index in [4.69, 9.17) is 9.47 Å². The predicted octanol–water partition coefficient (Wildman–Crippen LogP) is 3.46. The summed E-state index contributed by atoms with van der Waals surface area (Å²) in [5.41, 5.74) is -0.222. The minimum absolute atomic E-state index is 0.0281. The second-order valence-corrected chi connectivity index (χ2v) is 6.71. The minimum atomic E-state index is -2.95. The Balaban J connectivity index is 1.38. The molecular formula is C19H16F2N2O3. The molecule has 2 aliphatic carbocycles. The Hall–Kier alpha value is -2.75. The highest BCUT2D eigenvalue weighted by Gasteiger charge is 2.85. The van der Waals surface area contributed by atoms with Gasteiger partial charge in [0.2, 0.25) is 0 Å². The van der Waals surface area contributed by atoms with Gasteiger partial charge < -0.3 is 9.47 Å². The zero-order valence-corrected chi connectivity index (χ0v) is 13.9. The van der Waals surface area contributed by atoms with E-state index in [1.807, 2.05) is 12.1 Å². The van der Waals surface area contributed by atoms with E-state index in [2.05, 4.69) is 4.98 Å². The van der Waals surface area contributed by atoms with Gasteiger partial charge in [0.1, 0.15) is 36.5 Å². The van der Waals surface area contributed by atoms with Crippen LogP contribution >= 0.6 is 0 Å². The number of halogens is 2. The first-order valence-corrected chi connectivity index (χ1v) is 8.46. The highest BCUT2D eigenvalue weighted by molar-refractivity contribution is 5.87. The largest absolute Gasteiger partial charge is 0.488 e. The number of carbonyl (C=O) groups excluding carboxylic acids is 1. The molecule has 1 aromatic carbocycles. The van der Waals surface area contributed by atoms with Crippen molar-refractivity contribution in [2.75, 3.05) is 13.2 Å². The van der Waals surface area contributed by atoms with E-state index < -0.39 is 23.2 Å². The number of hydrogen-bond donors (Lipinski definition) is 0. The summed E-state index contributed by atoms with van der Waals surface area (Å²) in [4.78, 5) is 16.1. The summed E-state index contributed by atoms with van der Waals surface area (Å²) < 4.78 is 38.2. The molecule has 0 amide bonds. The van der Waals surface area contributed by atoms with Crippen molar-refractivity contribution in [1.82, 2.24) is 4.98 Å². The van der Waals surface area contributed by atoms with Crippen molar-refractivity contribution in [2.45, 2.75) is 25.2 Å². The van der Waals surface area contributed by atoms with Crippen LogP contribution in [0.4, 0.5) is 8.78 Å². The molecule has 5 nitrogen and oxygen atoms in total. The van der Waals surface area contributed by atoms with Crippen LogP contribution in [0.2, 0.25) is 0 Å². The maximum Gasteiger partial charge on any atom is 0.316 e. The summed E-state index contributed by atoms with van der Waals surface area (Å²) in [7, 11) is 0. The average molecular weight is 358 g/mol. The van der Waals surface area contributed by atoms with Crippen molar-refractivity contribution in [3.8, 4) is 11.8 Å². The van der Waals surface area contributed by atoms with Gasteiger partial charge in [0.25, 0.3) is 5.92 Å². The number of para-hydroxylation sites is 1. The van der Waals surface area contributed by atoms with Crippen molar-refractivity contribution >= 4 is 16.9 Å². The first kappa shape index (κ1) is 16.7. The Morgan fingerprint density at radius 3 is 2.73 bits per heavy atom. The first-order valence-electron chi connectivity index (χ1n) is 8.46. The average Bonchev–Trinajstić information content (AvgIpc) is 3.15. The third-order valence-electron chi connectivity index (χ3n) is 5.40. The Kier molecular flexibility index (Phi) is 3.79. The van der Waals surface area contributed by atoms with Crippen LogP contribution in [-0.2, 0) is 9.53 Å². The molecule has 2 saturated carbocycles. The lowest BCUT2D eigenvalue weighted by molar-refractivity contribution is -0.148. The summed E-state index contributed by atoms with van der Waals surface area (Å²) in [6.45, 7) is -0.178.